The SMILES string of the molecule is COc1ccc(NC(=O)CN2C(=O)S/C(=C/c3cn(Cc4cccc(C(=O)O)c4)c4ccccc34)C2=O)cc1. The molecular weight excluding hydrogens is 518 g/mol. The van der Waals surface area contributed by atoms with E-state index in [1.54, 1.807) is 55.7 Å². The number of aromatic nitrogens is 1. The minimum Gasteiger partial charge on any atom is -0.497 e. The number of para-hydroxylation sites is 1. The second kappa shape index (κ2) is 10.9. The summed E-state index contributed by atoms with van der Waals surface area (Å²) >= 11 is 0.784. The molecule has 1 aliphatic rings. The molecule has 0 unspecified atom stereocenters. The summed E-state index contributed by atoms with van der Waals surface area (Å²) in [6, 6.07) is 21.1. The van der Waals surface area contributed by atoms with Gasteiger partial charge in [0.25, 0.3) is 11.1 Å². The standard InChI is InChI=1S/C29H23N3O6S/c1-38-22-11-9-21(10-12-22)30-26(33)17-32-27(34)25(39-29(32)37)14-20-16-31(24-8-3-2-7-23(20)24)15-18-5-4-6-19(13-18)28(35)36/h2-14,16H,15,17H2,1H3,(H,30,33)(H,35,36)/b25-14+. The second-order valence-corrected chi connectivity index (χ2v) is 9.77. The summed E-state index contributed by atoms with van der Waals surface area (Å²) in [6.45, 7) is 0.0121. The van der Waals surface area contributed by atoms with Gasteiger partial charge in [0.05, 0.1) is 17.6 Å². The highest BCUT2D eigenvalue weighted by Gasteiger charge is 2.36. The Bertz CT molecular complexity index is 1640. The van der Waals surface area contributed by atoms with E-state index >= 15 is 0 Å². The molecule has 1 aliphatic heterocycles. The lowest BCUT2D eigenvalue weighted by molar-refractivity contribution is -0.127. The number of amides is 3. The highest BCUT2D eigenvalue weighted by Crippen LogP contribution is 2.34. The van der Waals surface area contributed by atoms with Crippen molar-refractivity contribution in [3.63, 3.8) is 0 Å². The third-order valence-corrected chi connectivity index (χ3v) is 7.09. The smallest absolute Gasteiger partial charge is 0.335 e. The molecule has 0 saturated carbocycles. The molecule has 2 heterocycles. The molecule has 39 heavy (non-hydrogen) atoms. The van der Waals surface area contributed by atoms with Crippen LogP contribution in [-0.4, -0.2) is 51.3 Å². The average Bonchev–Trinajstić information content (AvgIpc) is 3.40. The number of nitrogens with one attached hydrogen (secondary N) is 1. The predicted molar refractivity (Wildman–Crippen MR) is 149 cm³/mol. The first-order valence-electron chi connectivity index (χ1n) is 11.9. The van der Waals surface area contributed by atoms with Gasteiger partial charge in [0.15, 0.2) is 0 Å². The fourth-order valence-electron chi connectivity index (χ4n) is 4.32. The lowest BCUT2D eigenvalue weighted by Gasteiger charge is -2.12. The minimum atomic E-state index is -0.997. The number of hydrogen-bond acceptors (Lipinski definition) is 6. The molecule has 9 nitrogen and oxygen atoms in total. The summed E-state index contributed by atoms with van der Waals surface area (Å²) in [5, 5.41) is 12.3. The van der Waals surface area contributed by atoms with E-state index in [2.05, 4.69) is 5.32 Å². The fourth-order valence-corrected chi connectivity index (χ4v) is 5.15. The number of carbonyl (C=O) groups excluding carboxylic acids is 3. The van der Waals surface area contributed by atoms with Crippen molar-refractivity contribution in [3.8, 4) is 5.75 Å². The monoisotopic (exact) mass is 541 g/mol. The number of nitrogens with zero attached hydrogens (tertiary/aromatic N) is 2. The number of imide groups is 1. The molecule has 0 atom stereocenters. The molecule has 5 rings (SSSR count). The molecule has 10 heteroatoms. The molecule has 0 radical (unpaired) electrons. The van der Waals surface area contributed by atoms with Gasteiger partial charge in [-0.25, -0.2) is 4.79 Å². The van der Waals surface area contributed by atoms with Crippen molar-refractivity contribution in [3.05, 3.63) is 101 Å². The van der Waals surface area contributed by atoms with Crippen molar-refractivity contribution in [2.24, 2.45) is 0 Å². The lowest BCUT2D eigenvalue weighted by Crippen LogP contribution is -2.36. The maximum atomic E-state index is 13.1. The molecule has 0 spiro atoms. The van der Waals surface area contributed by atoms with Crippen LogP contribution >= 0.6 is 11.8 Å². The zero-order chi connectivity index (χ0) is 27.5. The number of methoxy groups -OCH3 is 1. The van der Waals surface area contributed by atoms with Gasteiger partial charge in [-0.1, -0.05) is 30.3 Å². The Morgan fingerprint density at radius 2 is 1.79 bits per heavy atom. The van der Waals surface area contributed by atoms with Crippen molar-refractivity contribution in [1.82, 2.24) is 9.47 Å². The summed E-state index contributed by atoms with van der Waals surface area (Å²) in [5.41, 5.74) is 3.15. The molecule has 0 aliphatic carbocycles. The summed E-state index contributed by atoms with van der Waals surface area (Å²) in [6.07, 6.45) is 3.52. The van der Waals surface area contributed by atoms with Crippen molar-refractivity contribution in [2.75, 3.05) is 19.0 Å². The summed E-state index contributed by atoms with van der Waals surface area (Å²) < 4.78 is 7.07. The van der Waals surface area contributed by atoms with E-state index in [4.69, 9.17) is 4.74 Å². The van der Waals surface area contributed by atoms with Crippen LogP contribution < -0.4 is 10.1 Å². The van der Waals surface area contributed by atoms with Gasteiger partial charge in [0.2, 0.25) is 5.91 Å². The summed E-state index contributed by atoms with van der Waals surface area (Å²) in [5.74, 6) is -1.40. The van der Waals surface area contributed by atoms with Gasteiger partial charge in [-0.05, 0) is 65.9 Å². The number of carboxylic acids is 1. The number of carbonyl (C=O) groups is 4. The Morgan fingerprint density at radius 3 is 2.54 bits per heavy atom. The number of carboxylic acid groups (broad SMARTS) is 1. The van der Waals surface area contributed by atoms with Crippen LogP contribution in [0.1, 0.15) is 21.5 Å². The van der Waals surface area contributed by atoms with Gasteiger partial charge < -0.3 is 19.7 Å². The number of benzene rings is 3. The van der Waals surface area contributed by atoms with E-state index < -0.39 is 29.6 Å². The fraction of sp³-hybridized carbons (Fsp3) is 0.103. The van der Waals surface area contributed by atoms with E-state index in [0.29, 0.717) is 18.0 Å². The van der Waals surface area contributed by atoms with Gasteiger partial charge in [-0.3, -0.25) is 19.3 Å². The largest absolute Gasteiger partial charge is 0.497 e. The first-order valence-corrected chi connectivity index (χ1v) is 12.7. The van der Waals surface area contributed by atoms with E-state index in [0.717, 1.165) is 38.7 Å². The first kappa shape index (κ1) is 25.8. The van der Waals surface area contributed by atoms with Gasteiger partial charge in [-0.2, -0.15) is 0 Å². The topological polar surface area (TPSA) is 118 Å². The molecule has 4 aromatic rings. The number of fused-ring (bicyclic) bond motifs is 1. The predicted octanol–water partition coefficient (Wildman–Crippen LogP) is 5.07. The van der Waals surface area contributed by atoms with Crippen LogP contribution in [0, 0.1) is 0 Å². The molecule has 1 saturated heterocycles. The van der Waals surface area contributed by atoms with Gasteiger partial charge in [0, 0.05) is 34.9 Å². The van der Waals surface area contributed by atoms with Crippen LogP contribution in [0.5, 0.6) is 5.75 Å². The Balaban J connectivity index is 1.36. The zero-order valence-electron chi connectivity index (χ0n) is 20.8. The molecule has 2 N–H and O–H groups in total. The zero-order valence-corrected chi connectivity index (χ0v) is 21.6. The summed E-state index contributed by atoms with van der Waals surface area (Å²) in [7, 11) is 1.54. The highest BCUT2D eigenvalue weighted by molar-refractivity contribution is 8.18. The van der Waals surface area contributed by atoms with E-state index in [-0.39, 0.29) is 10.5 Å². The van der Waals surface area contributed by atoms with Crippen LogP contribution in [0.2, 0.25) is 0 Å². The van der Waals surface area contributed by atoms with Gasteiger partial charge in [0.1, 0.15) is 12.3 Å². The molecular formula is C29H23N3O6S. The van der Waals surface area contributed by atoms with E-state index in [1.165, 1.54) is 0 Å². The quantitative estimate of drug-likeness (QED) is 0.299. The third-order valence-electron chi connectivity index (χ3n) is 6.18. The van der Waals surface area contributed by atoms with Crippen LogP contribution in [0.25, 0.3) is 17.0 Å². The average molecular weight is 542 g/mol. The van der Waals surface area contributed by atoms with Crippen molar-refractivity contribution in [1.29, 1.82) is 0 Å². The Morgan fingerprint density at radius 1 is 1.03 bits per heavy atom. The van der Waals surface area contributed by atoms with Crippen LogP contribution in [0.15, 0.2) is 83.9 Å². The first-order chi connectivity index (χ1) is 18.8. The van der Waals surface area contributed by atoms with Crippen molar-refractivity contribution < 1.29 is 29.0 Å². The second-order valence-electron chi connectivity index (χ2n) is 8.78. The number of thioether (sulfide) groups is 1. The highest BCUT2D eigenvalue weighted by atomic mass is 32.2. The third kappa shape index (κ3) is 5.55. The Kier molecular flexibility index (Phi) is 7.20. The molecule has 1 fully saturated rings. The molecule has 3 amide bonds. The molecule has 0 bridgehead atoms. The minimum absolute atomic E-state index is 0.203. The molecule has 1 aromatic heterocycles. The van der Waals surface area contributed by atoms with E-state index in [1.807, 2.05) is 41.1 Å². The normalized spacial score (nSPS) is 14.3. The Hall–Kier alpha value is -4.83. The number of ether oxygens (including phenoxy) is 1. The molecule has 196 valence electrons. The Labute approximate surface area is 227 Å². The van der Waals surface area contributed by atoms with Gasteiger partial charge in [-0.15, -0.1) is 0 Å². The maximum absolute atomic E-state index is 13.1. The van der Waals surface area contributed by atoms with Gasteiger partial charge >= 0.3 is 5.97 Å². The van der Waals surface area contributed by atoms with Crippen molar-refractivity contribution in [2.45, 2.75) is 6.54 Å². The van der Waals surface area contributed by atoms with Crippen LogP contribution in [-0.2, 0) is 16.1 Å². The number of hydrogen-bond donors (Lipinski definition) is 2. The van der Waals surface area contributed by atoms with Crippen LogP contribution in [0.4, 0.5) is 10.5 Å². The molecule has 3 aromatic carbocycles. The van der Waals surface area contributed by atoms with E-state index in [9.17, 15) is 24.3 Å². The lowest BCUT2D eigenvalue weighted by atomic mass is 10.1. The number of rotatable bonds is 8. The van der Waals surface area contributed by atoms with Crippen molar-refractivity contribution >= 4 is 57.5 Å². The number of aromatic carboxylic acids is 1. The maximum Gasteiger partial charge on any atom is 0.335 e. The van der Waals surface area contributed by atoms with Crippen LogP contribution in [0.3, 0.4) is 0 Å². The number of anilines is 1. The summed E-state index contributed by atoms with van der Waals surface area (Å²) in [4.78, 5) is 50.8.